The van der Waals surface area contributed by atoms with E-state index in [1.165, 1.54) is 0 Å². The van der Waals surface area contributed by atoms with Gasteiger partial charge in [-0.1, -0.05) is 12.1 Å². The minimum Gasteiger partial charge on any atom is -0.480 e. The number of carbonyl (C=O) groups is 1. The second-order valence-electron chi connectivity index (χ2n) is 5.27. The predicted octanol–water partition coefficient (Wildman–Crippen LogP) is 2.70. The smallest absolute Gasteiger partial charge is 0.329 e. The van der Waals surface area contributed by atoms with E-state index in [4.69, 9.17) is 0 Å². The largest absolute Gasteiger partial charge is 0.480 e. The van der Waals surface area contributed by atoms with Gasteiger partial charge in [-0.2, -0.15) is 5.26 Å². The molecule has 1 fully saturated rings. The summed E-state index contributed by atoms with van der Waals surface area (Å²) in [5.74, 6) is -0.820. The molecule has 19 heavy (non-hydrogen) atoms. The molecular weight excluding hydrogens is 240 g/mol. The van der Waals surface area contributed by atoms with Crippen molar-refractivity contribution in [2.24, 2.45) is 0 Å². The molecule has 1 aliphatic rings. The molecule has 0 aromatic heterocycles. The fraction of sp³-hybridized carbons (Fsp3) is 0.467. The lowest BCUT2D eigenvalue weighted by molar-refractivity contribution is -0.143. The zero-order valence-corrected chi connectivity index (χ0v) is 11.3. The Morgan fingerprint density at radius 2 is 2.21 bits per heavy atom. The molecule has 0 aliphatic carbocycles. The summed E-state index contributed by atoms with van der Waals surface area (Å²) in [5, 5.41) is 18.8. The Kier molecular flexibility index (Phi) is 3.48. The SMILES string of the molecule is Cc1cccc(C#N)c1N1CCCCC1(C)C(=O)O. The second kappa shape index (κ2) is 4.93. The van der Waals surface area contributed by atoms with Gasteiger partial charge < -0.3 is 10.0 Å². The molecule has 2 rings (SSSR count). The van der Waals surface area contributed by atoms with Crippen molar-refractivity contribution in [3.8, 4) is 6.07 Å². The van der Waals surface area contributed by atoms with Crippen molar-refractivity contribution >= 4 is 11.7 Å². The molecule has 0 radical (unpaired) electrons. The first-order valence-corrected chi connectivity index (χ1v) is 6.51. The number of aliphatic carboxylic acids is 1. The number of nitrogens with zero attached hydrogens (tertiary/aromatic N) is 2. The van der Waals surface area contributed by atoms with Crippen molar-refractivity contribution in [1.29, 1.82) is 5.26 Å². The van der Waals surface area contributed by atoms with E-state index < -0.39 is 11.5 Å². The van der Waals surface area contributed by atoms with Crippen LogP contribution in [0, 0.1) is 18.3 Å². The molecule has 1 atom stereocenters. The minimum atomic E-state index is -0.921. The van der Waals surface area contributed by atoms with Crippen molar-refractivity contribution in [1.82, 2.24) is 0 Å². The molecular formula is C15H18N2O2. The van der Waals surface area contributed by atoms with Gasteiger partial charge in [-0.05, 0) is 44.7 Å². The van der Waals surface area contributed by atoms with Gasteiger partial charge in [0.2, 0.25) is 0 Å². The minimum absolute atomic E-state index is 0.550. The lowest BCUT2D eigenvalue weighted by Gasteiger charge is -2.44. The van der Waals surface area contributed by atoms with E-state index in [-0.39, 0.29) is 0 Å². The van der Waals surface area contributed by atoms with E-state index in [9.17, 15) is 15.2 Å². The van der Waals surface area contributed by atoms with Crippen LogP contribution in [0.25, 0.3) is 0 Å². The Bertz CT molecular complexity index is 548. The van der Waals surface area contributed by atoms with Crippen LogP contribution in [0.15, 0.2) is 18.2 Å². The number of carboxylic acids is 1. The van der Waals surface area contributed by atoms with E-state index in [2.05, 4.69) is 6.07 Å². The summed E-state index contributed by atoms with van der Waals surface area (Å²) in [5.41, 5.74) is 1.35. The summed E-state index contributed by atoms with van der Waals surface area (Å²) in [6.07, 6.45) is 2.48. The molecule has 1 aromatic carbocycles. The number of carboxylic acid groups (broad SMARTS) is 1. The monoisotopic (exact) mass is 258 g/mol. The van der Waals surface area contributed by atoms with E-state index in [1.54, 1.807) is 13.0 Å². The summed E-state index contributed by atoms with van der Waals surface area (Å²) >= 11 is 0. The van der Waals surface area contributed by atoms with Gasteiger partial charge in [0.05, 0.1) is 11.3 Å². The average Bonchev–Trinajstić information content (AvgIpc) is 2.39. The molecule has 1 saturated heterocycles. The third kappa shape index (κ3) is 2.17. The number of anilines is 1. The first kappa shape index (κ1) is 13.4. The van der Waals surface area contributed by atoms with Crippen molar-refractivity contribution < 1.29 is 9.90 Å². The van der Waals surface area contributed by atoms with Gasteiger partial charge in [0.25, 0.3) is 0 Å². The van der Waals surface area contributed by atoms with Crippen molar-refractivity contribution in [2.75, 3.05) is 11.4 Å². The fourth-order valence-electron chi connectivity index (χ4n) is 2.81. The number of hydrogen-bond acceptors (Lipinski definition) is 3. The Morgan fingerprint density at radius 1 is 1.47 bits per heavy atom. The molecule has 1 aromatic rings. The Labute approximate surface area is 113 Å². The van der Waals surface area contributed by atoms with Crippen LogP contribution in [0.4, 0.5) is 5.69 Å². The van der Waals surface area contributed by atoms with E-state index in [0.717, 1.165) is 24.1 Å². The summed E-state index contributed by atoms with van der Waals surface area (Å²) < 4.78 is 0. The van der Waals surface area contributed by atoms with Crippen LogP contribution in [-0.2, 0) is 4.79 Å². The van der Waals surface area contributed by atoms with Crippen LogP contribution in [0.1, 0.15) is 37.3 Å². The van der Waals surface area contributed by atoms with Crippen LogP contribution >= 0.6 is 0 Å². The zero-order valence-electron chi connectivity index (χ0n) is 11.3. The number of hydrogen-bond donors (Lipinski definition) is 1. The van der Waals surface area contributed by atoms with Gasteiger partial charge in [-0.15, -0.1) is 0 Å². The maximum absolute atomic E-state index is 11.6. The molecule has 4 heteroatoms. The molecule has 4 nitrogen and oxygen atoms in total. The van der Waals surface area contributed by atoms with Crippen LogP contribution in [0.5, 0.6) is 0 Å². The number of nitriles is 1. The number of rotatable bonds is 2. The third-order valence-electron chi connectivity index (χ3n) is 3.98. The van der Waals surface area contributed by atoms with Crippen LogP contribution < -0.4 is 4.90 Å². The van der Waals surface area contributed by atoms with Gasteiger partial charge in [0.1, 0.15) is 11.6 Å². The lowest BCUT2D eigenvalue weighted by Crippen LogP contribution is -2.56. The highest BCUT2D eigenvalue weighted by molar-refractivity contribution is 5.85. The van der Waals surface area contributed by atoms with Gasteiger partial charge in [0, 0.05) is 6.54 Å². The first-order valence-electron chi connectivity index (χ1n) is 6.51. The standard InChI is InChI=1S/C15H18N2O2/c1-11-6-5-7-12(10-16)13(11)17-9-4-3-8-15(17,2)14(18)19/h5-7H,3-4,8-9H2,1-2H3,(H,18,19). The summed E-state index contributed by atoms with van der Waals surface area (Å²) in [4.78, 5) is 13.5. The molecule has 0 bridgehead atoms. The summed E-state index contributed by atoms with van der Waals surface area (Å²) in [6, 6.07) is 7.68. The van der Waals surface area contributed by atoms with Crippen LogP contribution in [-0.4, -0.2) is 23.2 Å². The molecule has 1 N–H and O–H groups in total. The molecule has 0 spiro atoms. The second-order valence-corrected chi connectivity index (χ2v) is 5.27. The molecule has 1 heterocycles. The molecule has 100 valence electrons. The highest BCUT2D eigenvalue weighted by atomic mass is 16.4. The Hall–Kier alpha value is -2.02. The van der Waals surface area contributed by atoms with Crippen molar-refractivity contribution in [3.05, 3.63) is 29.3 Å². The van der Waals surface area contributed by atoms with E-state index in [1.807, 2.05) is 24.0 Å². The normalized spacial score (nSPS) is 22.9. The maximum atomic E-state index is 11.6. The Morgan fingerprint density at radius 3 is 2.84 bits per heavy atom. The summed E-state index contributed by atoms with van der Waals surface area (Å²) in [7, 11) is 0. The van der Waals surface area contributed by atoms with Gasteiger partial charge in [0.15, 0.2) is 0 Å². The van der Waals surface area contributed by atoms with Crippen molar-refractivity contribution in [3.63, 3.8) is 0 Å². The predicted molar refractivity (Wildman–Crippen MR) is 73.1 cm³/mol. The van der Waals surface area contributed by atoms with Crippen LogP contribution in [0.2, 0.25) is 0 Å². The van der Waals surface area contributed by atoms with Gasteiger partial charge >= 0.3 is 5.97 Å². The van der Waals surface area contributed by atoms with E-state index >= 15 is 0 Å². The maximum Gasteiger partial charge on any atom is 0.329 e. The lowest BCUT2D eigenvalue weighted by atomic mass is 9.86. The summed E-state index contributed by atoms with van der Waals surface area (Å²) in [6.45, 7) is 4.36. The number of benzene rings is 1. The third-order valence-corrected chi connectivity index (χ3v) is 3.98. The topological polar surface area (TPSA) is 64.3 Å². The molecule has 0 amide bonds. The first-order chi connectivity index (χ1) is 9.00. The quantitative estimate of drug-likeness (QED) is 0.885. The number of piperidine rings is 1. The highest BCUT2D eigenvalue weighted by Gasteiger charge is 2.42. The van der Waals surface area contributed by atoms with Crippen molar-refractivity contribution in [2.45, 2.75) is 38.6 Å². The number of para-hydroxylation sites is 1. The molecule has 1 unspecified atom stereocenters. The van der Waals surface area contributed by atoms with E-state index in [0.29, 0.717) is 18.5 Å². The molecule has 0 saturated carbocycles. The highest BCUT2D eigenvalue weighted by Crippen LogP contribution is 2.36. The Balaban J connectivity index is 2.56. The zero-order chi connectivity index (χ0) is 14.0. The fourth-order valence-corrected chi connectivity index (χ4v) is 2.81. The average molecular weight is 258 g/mol. The van der Waals surface area contributed by atoms with Crippen LogP contribution in [0.3, 0.4) is 0 Å². The molecule has 1 aliphatic heterocycles. The number of aryl methyl sites for hydroxylation is 1. The van der Waals surface area contributed by atoms with Gasteiger partial charge in [-0.25, -0.2) is 4.79 Å². The van der Waals surface area contributed by atoms with Gasteiger partial charge in [-0.3, -0.25) is 0 Å².